The maximum atomic E-state index is 13.0. The number of hydrogen-bond acceptors (Lipinski definition) is 9. The average Bonchev–Trinajstić information content (AvgIpc) is 3.07. The molecule has 13 heteroatoms. The molecule has 0 unspecified atom stereocenters. The third-order valence-electron chi connectivity index (χ3n) is 7.61. The molecule has 0 spiro atoms. The fourth-order valence-corrected chi connectivity index (χ4v) is 5.05. The summed E-state index contributed by atoms with van der Waals surface area (Å²) in [5.74, 6) is -1.86. The number of benzene rings is 3. The van der Waals surface area contributed by atoms with Gasteiger partial charge in [-0.3, -0.25) is 9.59 Å². The lowest BCUT2D eigenvalue weighted by molar-refractivity contribution is -0.138. The van der Waals surface area contributed by atoms with Gasteiger partial charge in [-0.1, -0.05) is 6.07 Å². The smallest absolute Gasteiger partial charge is 0.336 e. The number of aliphatic carboxylic acids is 1. The number of carbonyl (C=O) groups excluding carboxylic acids is 1. The number of nitrogens with one attached hydrogen (secondary N) is 1. The molecular weight excluding hydrogens is 634 g/mol. The Kier molecular flexibility index (Phi) is 13.7. The number of nitrogens with zero attached hydrogens (tertiary/aromatic N) is 2. The summed E-state index contributed by atoms with van der Waals surface area (Å²) in [7, 11) is 7.76. The van der Waals surface area contributed by atoms with Crippen molar-refractivity contribution in [2.75, 3.05) is 92.5 Å². The zero-order valence-corrected chi connectivity index (χ0v) is 28.3. The van der Waals surface area contributed by atoms with E-state index < -0.39 is 17.8 Å². The van der Waals surface area contributed by atoms with Crippen molar-refractivity contribution in [1.29, 1.82) is 0 Å². The zero-order valence-electron chi connectivity index (χ0n) is 28.3. The van der Waals surface area contributed by atoms with Crippen LogP contribution in [-0.2, 0) is 23.7 Å². The molecule has 13 nitrogen and oxygen atoms in total. The second-order valence-electron chi connectivity index (χ2n) is 11.5. The van der Waals surface area contributed by atoms with Crippen LogP contribution in [0.25, 0.3) is 33.4 Å². The lowest BCUT2D eigenvalue weighted by Gasteiger charge is -2.19. The second kappa shape index (κ2) is 18.1. The van der Waals surface area contributed by atoms with Crippen LogP contribution < -0.4 is 20.1 Å². The summed E-state index contributed by atoms with van der Waals surface area (Å²) >= 11 is 0. The van der Waals surface area contributed by atoms with E-state index in [9.17, 15) is 19.5 Å². The largest absolute Gasteiger partial charge is 0.481 e. The molecule has 1 amide bonds. The first kappa shape index (κ1) is 37.0. The van der Waals surface area contributed by atoms with Gasteiger partial charge < -0.3 is 43.8 Å². The van der Waals surface area contributed by atoms with E-state index in [4.69, 9.17) is 28.5 Å². The van der Waals surface area contributed by atoms with Gasteiger partial charge in [-0.25, -0.2) is 9.37 Å². The van der Waals surface area contributed by atoms with Crippen molar-refractivity contribution < 1.29 is 48.0 Å². The molecule has 0 fully saturated rings. The third kappa shape index (κ3) is 10.3. The van der Waals surface area contributed by atoms with Crippen LogP contribution in [0.4, 0.5) is 5.69 Å². The first-order chi connectivity index (χ1) is 23.6. The van der Waals surface area contributed by atoms with Gasteiger partial charge in [0.25, 0.3) is 5.91 Å². The van der Waals surface area contributed by atoms with Crippen LogP contribution in [0.5, 0.6) is 0 Å². The van der Waals surface area contributed by atoms with Crippen molar-refractivity contribution in [1.82, 2.24) is 9.89 Å². The molecule has 0 atom stereocenters. The van der Waals surface area contributed by atoms with Crippen LogP contribution in [0.1, 0.15) is 27.1 Å². The fourth-order valence-electron chi connectivity index (χ4n) is 5.05. The Morgan fingerprint density at radius 3 is 2.02 bits per heavy atom. The molecule has 49 heavy (non-hydrogen) atoms. The highest BCUT2D eigenvalue weighted by molar-refractivity contribution is 6.09. The quantitative estimate of drug-likeness (QED) is 0.0759. The van der Waals surface area contributed by atoms with Crippen LogP contribution in [-0.4, -0.2) is 116 Å². The van der Waals surface area contributed by atoms with Gasteiger partial charge in [0.1, 0.15) is 25.4 Å². The van der Waals surface area contributed by atoms with Crippen molar-refractivity contribution in [3.05, 3.63) is 71.1 Å². The predicted molar refractivity (Wildman–Crippen MR) is 185 cm³/mol. The summed E-state index contributed by atoms with van der Waals surface area (Å²) in [6, 6.07) is 16.3. The minimum absolute atomic E-state index is 0.00193. The number of rotatable bonds is 19. The SMILES string of the molecule is CN(C)c1ccc2c(-c3ccc(C(=O)NCCOCCOCCOCCOCCC(=O)O)cc3C(=O)O)c3ccc(=[N+](C)C)cc-3oc2c1. The lowest BCUT2D eigenvalue weighted by atomic mass is 9.89. The fraction of sp³-hybridized carbons (Fsp3) is 0.389. The number of carbonyl (C=O) groups is 3. The van der Waals surface area contributed by atoms with Crippen molar-refractivity contribution in [3.63, 3.8) is 0 Å². The molecule has 1 aliphatic carbocycles. The maximum Gasteiger partial charge on any atom is 0.336 e. The van der Waals surface area contributed by atoms with Gasteiger partial charge in [0.2, 0.25) is 5.36 Å². The third-order valence-corrected chi connectivity index (χ3v) is 7.61. The predicted octanol–water partition coefficient (Wildman–Crippen LogP) is 3.27. The molecule has 0 aromatic heterocycles. The van der Waals surface area contributed by atoms with Crippen LogP contribution in [0.3, 0.4) is 0 Å². The lowest BCUT2D eigenvalue weighted by Crippen LogP contribution is -2.28. The number of ether oxygens (including phenoxy) is 4. The van der Waals surface area contributed by atoms with E-state index in [1.54, 1.807) is 12.1 Å². The van der Waals surface area contributed by atoms with E-state index in [-0.39, 0.29) is 37.3 Å². The van der Waals surface area contributed by atoms with E-state index in [1.165, 1.54) is 6.07 Å². The molecular formula is C36H44N3O10+. The summed E-state index contributed by atoms with van der Waals surface area (Å²) < 4.78 is 29.8. The van der Waals surface area contributed by atoms with E-state index in [1.807, 2.05) is 74.1 Å². The molecule has 0 saturated carbocycles. The second-order valence-corrected chi connectivity index (χ2v) is 11.5. The van der Waals surface area contributed by atoms with Crippen LogP contribution in [0.15, 0.2) is 59.0 Å². The van der Waals surface area contributed by atoms with Crippen LogP contribution in [0, 0.1) is 0 Å². The normalized spacial score (nSPS) is 11.2. The standard InChI is InChI=1S/C36H43N3O10/c1-38(2)25-6-9-28-31(22-25)49-32-23-26(39(3)4)7-10-29(32)34(28)27-8-5-24(21-30(27)36(43)44)35(42)37-12-14-46-16-18-48-20-19-47-17-15-45-13-11-33(40)41/h5-10,21-23H,11-20H2,1-4H3,(H2-,37,40,41,42,43,44)/p+1. The van der Waals surface area contributed by atoms with Crippen molar-refractivity contribution >= 4 is 34.5 Å². The minimum atomic E-state index is -1.15. The molecule has 2 aromatic rings. The highest BCUT2D eigenvalue weighted by atomic mass is 16.6. The summed E-state index contributed by atoms with van der Waals surface area (Å²) in [5.41, 5.74) is 3.70. The Labute approximate surface area is 284 Å². The van der Waals surface area contributed by atoms with Crippen molar-refractivity contribution in [2.24, 2.45) is 0 Å². The van der Waals surface area contributed by atoms with E-state index in [0.29, 0.717) is 62.1 Å². The summed E-state index contributed by atoms with van der Waals surface area (Å²) in [6.45, 7) is 2.71. The van der Waals surface area contributed by atoms with Crippen LogP contribution in [0.2, 0.25) is 0 Å². The molecule has 0 bridgehead atoms. The Morgan fingerprint density at radius 2 is 1.41 bits per heavy atom. The molecule has 4 rings (SSSR count). The van der Waals surface area contributed by atoms with E-state index in [2.05, 4.69) is 5.32 Å². The number of fused-ring (bicyclic) bond motifs is 2. The van der Waals surface area contributed by atoms with Gasteiger partial charge in [0.05, 0.1) is 70.9 Å². The highest BCUT2D eigenvalue weighted by Crippen LogP contribution is 2.42. The number of anilines is 1. The Morgan fingerprint density at radius 1 is 0.776 bits per heavy atom. The topological polar surface area (TPSA) is 160 Å². The van der Waals surface area contributed by atoms with Gasteiger partial charge in [-0.2, -0.15) is 0 Å². The van der Waals surface area contributed by atoms with Gasteiger partial charge in [-0.05, 0) is 35.9 Å². The molecule has 0 saturated heterocycles. The number of aromatic carboxylic acids is 1. The highest BCUT2D eigenvalue weighted by Gasteiger charge is 2.23. The molecule has 0 radical (unpaired) electrons. The zero-order chi connectivity index (χ0) is 35.3. The summed E-state index contributed by atoms with van der Waals surface area (Å²) in [6.07, 6.45) is -0.0376. The molecule has 2 aliphatic rings. The van der Waals surface area contributed by atoms with E-state index >= 15 is 0 Å². The van der Waals surface area contributed by atoms with Gasteiger partial charge >= 0.3 is 11.9 Å². The van der Waals surface area contributed by atoms with Crippen molar-refractivity contribution in [3.8, 4) is 22.5 Å². The maximum absolute atomic E-state index is 13.0. The Hall–Kier alpha value is -4.82. The molecule has 3 N–H and O–H groups in total. The van der Waals surface area contributed by atoms with Gasteiger partial charge in [-0.15, -0.1) is 0 Å². The summed E-state index contributed by atoms with van der Waals surface area (Å²) in [4.78, 5) is 38.0. The first-order valence-electron chi connectivity index (χ1n) is 15.9. The summed E-state index contributed by atoms with van der Waals surface area (Å²) in [5, 5.41) is 23.3. The average molecular weight is 679 g/mol. The molecule has 2 aromatic carbocycles. The van der Waals surface area contributed by atoms with Crippen LogP contribution >= 0.6 is 0 Å². The molecule has 1 aliphatic heterocycles. The monoisotopic (exact) mass is 678 g/mol. The number of carboxylic acid groups (broad SMARTS) is 2. The number of carboxylic acids is 2. The Balaban J connectivity index is 1.37. The molecule has 1 heterocycles. The van der Waals surface area contributed by atoms with Gasteiger partial charge in [0, 0.05) is 60.5 Å². The van der Waals surface area contributed by atoms with Gasteiger partial charge in [0.15, 0.2) is 0 Å². The minimum Gasteiger partial charge on any atom is -0.481 e. The Bertz CT molecular complexity index is 1800. The van der Waals surface area contributed by atoms with E-state index in [0.717, 1.165) is 22.0 Å². The first-order valence-corrected chi connectivity index (χ1v) is 15.9. The number of amides is 1. The van der Waals surface area contributed by atoms with Crippen molar-refractivity contribution in [2.45, 2.75) is 6.42 Å². The number of hydrogen-bond donors (Lipinski definition) is 3. The molecule has 262 valence electrons.